The van der Waals surface area contributed by atoms with Crippen molar-refractivity contribution >= 4 is 50.7 Å². The fourth-order valence-corrected chi connectivity index (χ4v) is 3.60. The number of rotatable bonds is 3. The van der Waals surface area contributed by atoms with E-state index in [-0.39, 0.29) is 5.91 Å². The summed E-state index contributed by atoms with van der Waals surface area (Å²) in [4.78, 5) is 23.6. The molecule has 0 atom stereocenters. The van der Waals surface area contributed by atoms with Crippen LogP contribution in [0.1, 0.15) is 12.5 Å². The number of amides is 1. The number of aliphatic imine (C=N–C) groups is 1. The highest BCUT2D eigenvalue weighted by molar-refractivity contribution is 9.10. The predicted octanol–water partition coefficient (Wildman–Crippen LogP) is 4.47. The van der Waals surface area contributed by atoms with Gasteiger partial charge in [-0.15, -0.1) is 0 Å². The van der Waals surface area contributed by atoms with E-state index in [4.69, 9.17) is 0 Å². The molecule has 0 radical (unpaired) electrons. The van der Waals surface area contributed by atoms with Crippen LogP contribution in [0.3, 0.4) is 0 Å². The Labute approximate surface area is 147 Å². The number of likely N-dealkylation sites (N-methyl/N-ethyl adjacent to an activating group) is 1. The fourth-order valence-electron chi connectivity index (χ4n) is 2.14. The maximum Gasteiger partial charge on any atom is 0.266 e. The topological polar surface area (TPSA) is 45.6 Å². The molecule has 0 saturated carbocycles. The van der Waals surface area contributed by atoms with Gasteiger partial charge in [-0.1, -0.05) is 34.1 Å². The molecule has 0 unspecified atom stereocenters. The number of hydrogen-bond acceptors (Lipinski definition) is 4. The van der Waals surface area contributed by atoms with Crippen molar-refractivity contribution in [2.24, 2.45) is 4.99 Å². The maximum absolute atomic E-state index is 12.6. The minimum absolute atomic E-state index is 0.0212. The Hall–Kier alpha value is -1.92. The van der Waals surface area contributed by atoms with Crippen LogP contribution in [0.5, 0.6) is 0 Å². The number of carbonyl (C=O) groups excluding carboxylic acids is 1. The van der Waals surface area contributed by atoms with Crippen LogP contribution in [0.15, 0.2) is 63.0 Å². The Bertz CT molecular complexity index is 789. The van der Waals surface area contributed by atoms with Crippen LogP contribution in [0.25, 0.3) is 6.08 Å². The summed E-state index contributed by atoms with van der Waals surface area (Å²) < 4.78 is 0.983. The largest absolute Gasteiger partial charge is 0.287 e. The fraction of sp³-hybridized carbons (Fsp3) is 0.118. The third-order valence-electron chi connectivity index (χ3n) is 3.21. The number of aromatic nitrogens is 1. The Morgan fingerprint density at radius 1 is 1.30 bits per heavy atom. The molecular weight excluding hydrogens is 374 g/mol. The number of halogens is 1. The number of carbonyl (C=O) groups is 1. The van der Waals surface area contributed by atoms with E-state index in [1.165, 1.54) is 11.8 Å². The van der Waals surface area contributed by atoms with Gasteiger partial charge in [0, 0.05) is 17.2 Å². The monoisotopic (exact) mass is 387 g/mol. The van der Waals surface area contributed by atoms with Crippen LogP contribution in [0.2, 0.25) is 0 Å². The number of thioether (sulfide) groups is 1. The molecule has 0 spiro atoms. The summed E-state index contributed by atoms with van der Waals surface area (Å²) in [6.45, 7) is 2.52. The van der Waals surface area contributed by atoms with Gasteiger partial charge in [-0.2, -0.15) is 0 Å². The van der Waals surface area contributed by atoms with Gasteiger partial charge in [0.15, 0.2) is 11.0 Å². The summed E-state index contributed by atoms with van der Waals surface area (Å²) in [6.07, 6.45) is 3.58. The molecule has 1 aromatic heterocycles. The van der Waals surface area contributed by atoms with Crippen LogP contribution >= 0.6 is 27.7 Å². The van der Waals surface area contributed by atoms with E-state index in [0.29, 0.717) is 22.4 Å². The molecule has 1 fully saturated rings. The first-order chi connectivity index (χ1) is 11.2. The minimum atomic E-state index is -0.0212. The number of nitrogens with zero attached hydrogens (tertiary/aromatic N) is 3. The standard InChI is InChI=1S/C17H14BrN3OS/c1-2-21-16(22)14(11-12-6-5-7-13(18)10-12)23-17(21)20-15-8-3-4-9-19-15/h3-11H,2H2,1H3/b14-11-,20-17+. The van der Waals surface area contributed by atoms with Crippen LogP contribution < -0.4 is 0 Å². The van der Waals surface area contributed by atoms with E-state index in [1.54, 1.807) is 11.1 Å². The highest BCUT2D eigenvalue weighted by Crippen LogP contribution is 2.33. The molecule has 4 nitrogen and oxygen atoms in total. The van der Waals surface area contributed by atoms with Gasteiger partial charge < -0.3 is 0 Å². The molecule has 23 heavy (non-hydrogen) atoms. The van der Waals surface area contributed by atoms with Crippen molar-refractivity contribution in [3.05, 3.63) is 63.6 Å². The van der Waals surface area contributed by atoms with Gasteiger partial charge in [0.25, 0.3) is 5.91 Å². The molecule has 1 aliphatic rings. The molecule has 0 N–H and O–H groups in total. The van der Waals surface area contributed by atoms with E-state index >= 15 is 0 Å². The molecule has 6 heteroatoms. The van der Waals surface area contributed by atoms with Crippen LogP contribution in [0.4, 0.5) is 5.82 Å². The van der Waals surface area contributed by atoms with E-state index < -0.39 is 0 Å². The predicted molar refractivity (Wildman–Crippen MR) is 98.4 cm³/mol. The molecule has 0 bridgehead atoms. The van der Waals surface area contributed by atoms with Gasteiger partial charge in [-0.25, -0.2) is 9.98 Å². The van der Waals surface area contributed by atoms with Crippen LogP contribution in [0, 0.1) is 0 Å². The zero-order valence-electron chi connectivity index (χ0n) is 12.4. The zero-order valence-corrected chi connectivity index (χ0v) is 14.8. The second-order valence-electron chi connectivity index (χ2n) is 4.80. The number of hydrogen-bond donors (Lipinski definition) is 0. The highest BCUT2D eigenvalue weighted by atomic mass is 79.9. The highest BCUT2D eigenvalue weighted by Gasteiger charge is 2.32. The smallest absolute Gasteiger partial charge is 0.266 e. The van der Waals surface area contributed by atoms with Crippen molar-refractivity contribution in [1.82, 2.24) is 9.88 Å². The summed E-state index contributed by atoms with van der Waals surface area (Å²) in [7, 11) is 0. The maximum atomic E-state index is 12.6. The normalized spacial score (nSPS) is 18.2. The Morgan fingerprint density at radius 3 is 2.87 bits per heavy atom. The summed E-state index contributed by atoms with van der Waals surface area (Å²) in [5.74, 6) is 0.581. The molecule has 2 aromatic rings. The average molecular weight is 388 g/mol. The van der Waals surface area contributed by atoms with Gasteiger partial charge in [0.2, 0.25) is 0 Å². The Kier molecular flexibility index (Phi) is 4.93. The van der Waals surface area contributed by atoms with Gasteiger partial charge in [-0.3, -0.25) is 9.69 Å². The summed E-state index contributed by atoms with van der Waals surface area (Å²) in [6, 6.07) is 13.4. The first-order valence-electron chi connectivity index (χ1n) is 7.14. The first-order valence-corrected chi connectivity index (χ1v) is 8.75. The lowest BCUT2D eigenvalue weighted by Crippen LogP contribution is -2.28. The zero-order chi connectivity index (χ0) is 16.2. The van der Waals surface area contributed by atoms with Crippen LogP contribution in [-0.2, 0) is 4.79 Å². The summed E-state index contributed by atoms with van der Waals surface area (Å²) in [5.41, 5.74) is 0.977. The lowest BCUT2D eigenvalue weighted by Gasteiger charge is -2.11. The molecule has 2 heterocycles. The quantitative estimate of drug-likeness (QED) is 0.729. The summed E-state index contributed by atoms with van der Waals surface area (Å²) >= 11 is 4.82. The van der Waals surface area contributed by atoms with Crippen molar-refractivity contribution in [1.29, 1.82) is 0 Å². The second kappa shape index (κ2) is 7.10. The molecule has 1 aromatic carbocycles. The van der Waals surface area contributed by atoms with Crippen molar-refractivity contribution in [2.45, 2.75) is 6.92 Å². The molecule has 116 valence electrons. The molecule has 3 rings (SSSR count). The van der Waals surface area contributed by atoms with E-state index in [2.05, 4.69) is 25.9 Å². The van der Waals surface area contributed by atoms with E-state index in [1.807, 2.05) is 55.5 Å². The molecule has 1 aliphatic heterocycles. The third-order valence-corrected chi connectivity index (χ3v) is 4.71. The summed E-state index contributed by atoms with van der Waals surface area (Å²) in [5, 5.41) is 0.664. The number of amidine groups is 1. The molecular formula is C17H14BrN3OS. The van der Waals surface area contributed by atoms with Gasteiger partial charge >= 0.3 is 0 Å². The van der Waals surface area contributed by atoms with E-state index in [0.717, 1.165) is 10.0 Å². The minimum Gasteiger partial charge on any atom is -0.287 e. The third kappa shape index (κ3) is 3.71. The van der Waals surface area contributed by atoms with Gasteiger partial charge in [-0.05, 0) is 54.6 Å². The van der Waals surface area contributed by atoms with E-state index in [9.17, 15) is 4.79 Å². The van der Waals surface area contributed by atoms with Gasteiger partial charge in [0.1, 0.15) is 0 Å². The van der Waals surface area contributed by atoms with Crippen LogP contribution in [-0.4, -0.2) is 27.5 Å². The first kappa shape index (κ1) is 16.0. The Balaban J connectivity index is 1.93. The van der Waals surface area contributed by atoms with Crippen molar-refractivity contribution in [2.75, 3.05) is 6.54 Å². The van der Waals surface area contributed by atoms with Crippen molar-refractivity contribution in [3.63, 3.8) is 0 Å². The van der Waals surface area contributed by atoms with Gasteiger partial charge in [0.05, 0.1) is 4.91 Å². The molecule has 1 amide bonds. The Morgan fingerprint density at radius 2 is 2.17 bits per heavy atom. The molecule has 0 aliphatic carbocycles. The lowest BCUT2D eigenvalue weighted by molar-refractivity contribution is -0.122. The lowest BCUT2D eigenvalue weighted by atomic mass is 10.2. The van der Waals surface area contributed by atoms with Crippen molar-refractivity contribution in [3.8, 4) is 0 Å². The average Bonchev–Trinajstić information content (AvgIpc) is 2.83. The number of pyridine rings is 1. The van der Waals surface area contributed by atoms with Crippen molar-refractivity contribution < 1.29 is 4.79 Å². The SMILES string of the molecule is CCN1C(=O)/C(=C/c2cccc(Br)c2)S/C1=N/c1ccccn1. The molecule has 1 saturated heterocycles. The number of benzene rings is 1. The second-order valence-corrected chi connectivity index (χ2v) is 6.72.